The van der Waals surface area contributed by atoms with Gasteiger partial charge in [0.25, 0.3) is 17.6 Å². The van der Waals surface area contributed by atoms with Crippen molar-refractivity contribution in [1.29, 1.82) is 0 Å². The number of carbonyl (C=O) groups excluding carboxylic acids is 4. The van der Waals surface area contributed by atoms with Crippen LogP contribution in [0.2, 0.25) is 0 Å². The van der Waals surface area contributed by atoms with E-state index in [2.05, 4.69) is 5.32 Å². The Labute approximate surface area is 258 Å². The number of rotatable bonds is 11. The molecule has 3 amide bonds. The number of hydrogen-bond donors (Lipinski definition) is 1. The Kier molecular flexibility index (Phi) is 9.08. The lowest BCUT2D eigenvalue weighted by Gasteiger charge is -2.33. The van der Waals surface area contributed by atoms with Crippen LogP contribution >= 0.6 is 0 Å². The van der Waals surface area contributed by atoms with E-state index in [1.165, 1.54) is 56.6 Å². The minimum absolute atomic E-state index is 0.124. The highest BCUT2D eigenvalue weighted by Crippen LogP contribution is 2.33. The Bertz CT molecular complexity index is 1740. The van der Waals surface area contributed by atoms with E-state index in [9.17, 15) is 23.6 Å². The van der Waals surface area contributed by atoms with Gasteiger partial charge in [0.1, 0.15) is 35.7 Å². The summed E-state index contributed by atoms with van der Waals surface area (Å²) in [7, 11) is 4.45. The number of ketones is 1. The van der Waals surface area contributed by atoms with Crippen LogP contribution in [0.15, 0.2) is 91.0 Å². The van der Waals surface area contributed by atoms with Gasteiger partial charge in [0, 0.05) is 12.6 Å². The van der Waals surface area contributed by atoms with Gasteiger partial charge in [0.2, 0.25) is 5.91 Å². The molecule has 5 rings (SSSR count). The second kappa shape index (κ2) is 13.3. The molecule has 45 heavy (non-hydrogen) atoms. The fourth-order valence-corrected chi connectivity index (χ4v) is 5.10. The van der Waals surface area contributed by atoms with Crippen LogP contribution in [0.4, 0.5) is 15.8 Å². The molecule has 1 heterocycles. The maximum Gasteiger partial charge on any atom is 0.299 e. The van der Waals surface area contributed by atoms with E-state index in [4.69, 9.17) is 14.2 Å². The van der Waals surface area contributed by atoms with Gasteiger partial charge in [0.05, 0.1) is 38.3 Å². The number of fused-ring (bicyclic) bond motifs is 1. The smallest absolute Gasteiger partial charge is 0.299 e. The average Bonchev–Trinajstić information content (AvgIpc) is 3.30. The second-order valence-electron chi connectivity index (χ2n) is 10.1. The first-order valence-corrected chi connectivity index (χ1v) is 13.9. The largest absolute Gasteiger partial charge is 0.497 e. The molecule has 10 nitrogen and oxygen atoms in total. The molecule has 1 N–H and O–H groups in total. The molecule has 0 aliphatic carbocycles. The number of nitrogens with zero attached hydrogens (tertiary/aromatic N) is 2. The number of benzene rings is 4. The SMILES string of the molecule is COc1ccc(C(C(=O)Nc2ccc(OC)cc2OC)N(Cc2ccc(F)cc2)C(=O)CN2C(=O)C(=O)c3ccccc32)cc1. The minimum atomic E-state index is -1.25. The van der Waals surface area contributed by atoms with Gasteiger partial charge in [-0.05, 0) is 59.7 Å². The number of halogens is 1. The first kappa shape index (κ1) is 30.7. The predicted octanol–water partition coefficient (Wildman–Crippen LogP) is 4.79. The minimum Gasteiger partial charge on any atom is -0.497 e. The van der Waals surface area contributed by atoms with E-state index in [0.717, 1.165) is 4.90 Å². The topological polar surface area (TPSA) is 114 Å². The third-order valence-electron chi connectivity index (χ3n) is 7.42. The van der Waals surface area contributed by atoms with Crippen molar-refractivity contribution in [3.05, 3.63) is 114 Å². The molecular formula is C34H30FN3O7. The molecule has 0 saturated carbocycles. The van der Waals surface area contributed by atoms with Crippen molar-refractivity contribution in [2.75, 3.05) is 38.1 Å². The predicted molar refractivity (Wildman–Crippen MR) is 164 cm³/mol. The fraction of sp³-hybridized carbons (Fsp3) is 0.176. The highest BCUT2D eigenvalue weighted by Gasteiger charge is 2.39. The number of hydrogen-bond acceptors (Lipinski definition) is 7. The molecule has 0 radical (unpaired) electrons. The van der Waals surface area contributed by atoms with E-state index < -0.39 is 41.9 Å². The quantitative estimate of drug-likeness (QED) is 0.243. The Balaban J connectivity index is 1.57. The van der Waals surface area contributed by atoms with E-state index in [-0.39, 0.29) is 12.1 Å². The van der Waals surface area contributed by atoms with Crippen LogP contribution in [-0.4, -0.2) is 56.3 Å². The molecule has 230 valence electrons. The molecular weight excluding hydrogens is 581 g/mol. The molecule has 1 atom stereocenters. The lowest BCUT2D eigenvalue weighted by molar-refractivity contribution is -0.139. The summed E-state index contributed by atoms with van der Waals surface area (Å²) >= 11 is 0. The molecule has 1 aliphatic rings. The van der Waals surface area contributed by atoms with Gasteiger partial charge < -0.3 is 24.4 Å². The molecule has 0 aromatic heterocycles. The van der Waals surface area contributed by atoms with Crippen LogP contribution in [0.5, 0.6) is 17.2 Å². The number of para-hydroxylation sites is 1. The number of Topliss-reactive ketones (excluding diaryl/α,β-unsaturated/α-hetero) is 1. The summed E-state index contributed by atoms with van der Waals surface area (Å²) in [6.07, 6.45) is 0. The summed E-state index contributed by atoms with van der Waals surface area (Å²) in [5.41, 5.74) is 1.78. The monoisotopic (exact) mass is 611 g/mol. The normalized spacial score (nSPS) is 12.8. The van der Waals surface area contributed by atoms with Gasteiger partial charge in [-0.1, -0.05) is 36.4 Å². The first-order chi connectivity index (χ1) is 21.7. The van der Waals surface area contributed by atoms with Crippen molar-refractivity contribution in [3.63, 3.8) is 0 Å². The van der Waals surface area contributed by atoms with Gasteiger partial charge in [-0.2, -0.15) is 0 Å². The van der Waals surface area contributed by atoms with Gasteiger partial charge >= 0.3 is 0 Å². The molecule has 0 saturated heterocycles. The van der Waals surface area contributed by atoms with Crippen LogP contribution in [0.1, 0.15) is 27.5 Å². The number of carbonyl (C=O) groups is 4. The maximum atomic E-state index is 14.2. The summed E-state index contributed by atoms with van der Waals surface area (Å²) in [5.74, 6) is -1.90. The molecule has 0 fully saturated rings. The van der Waals surface area contributed by atoms with Crippen molar-refractivity contribution >= 4 is 34.9 Å². The number of nitrogens with one attached hydrogen (secondary N) is 1. The lowest BCUT2D eigenvalue weighted by Crippen LogP contribution is -2.46. The zero-order valence-electron chi connectivity index (χ0n) is 24.8. The number of ether oxygens (including phenoxy) is 3. The van der Waals surface area contributed by atoms with E-state index in [0.29, 0.717) is 39.8 Å². The Morgan fingerprint density at radius 3 is 2.18 bits per heavy atom. The number of methoxy groups -OCH3 is 3. The van der Waals surface area contributed by atoms with Gasteiger partial charge in [-0.3, -0.25) is 24.1 Å². The van der Waals surface area contributed by atoms with Crippen molar-refractivity contribution in [2.24, 2.45) is 0 Å². The highest BCUT2D eigenvalue weighted by atomic mass is 19.1. The van der Waals surface area contributed by atoms with E-state index >= 15 is 0 Å². The zero-order valence-corrected chi connectivity index (χ0v) is 24.8. The average molecular weight is 612 g/mol. The second-order valence-corrected chi connectivity index (χ2v) is 10.1. The van der Waals surface area contributed by atoms with Crippen LogP contribution in [0, 0.1) is 5.82 Å². The standard InChI is InChI=1S/C34H30FN3O7/c1-43-24-14-10-22(11-15-24)31(33(41)36-27-17-16-25(44-2)18-29(27)45-3)38(19-21-8-12-23(35)13-9-21)30(39)20-37-28-7-5-4-6-26(28)32(40)34(37)42/h4-18,31H,19-20H2,1-3H3,(H,36,41). The van der Waals surface area contributed by atoms with Crippen LogP contribution in [-0.2, 0) is 20.9 Å². The molecule has 11 heteroatoms. The van der Waals surface area contributed by atoms with Crippen LogP contribution in [0.3, 0.4) is 0 Å². The number of amides is 3. The summed E-state index contributed by atoms with van der Waals surface area (Å²) in [6, 6.07) is 22.1. The Hall–Kier alpha value is -5.71. The zero-order chi connectivity index (χ0) is 32.1. The Morgan fingerprint density at radius 1 is 0.844 bits per heavy atom. The van der Waals surface area contributed by atoms with Gasteiger partial charge in [-0.25, -0.2) is 4.39 Å². The van der Waals surface area contributed by atoms with Gasteiger partial charge in [0.15, 0.2) is 0 Å². The molecule has 1 aliphatic heterocycles. The molecule has 0 spiro atoms. The highest BCUT2D eigenvalue weighted by molar-refractivity contribution is 6.52. The third-order valence-corrected chi connectivity index (χ3v) is 7.42. The maximum absolute atomic E-state index is 14.2. The first-order valence-electron chi connectivity index (χ1n) is 13.9. The van der Waals surface area contributed by atoms with E-state index in [1.807, 2.05) is 0 Å². The summed E-state index contributed by atoms with van der Waals surface area (Å²) in [5, 5.41) is 2.86. The fourth-order valence-electron chi connectivity index (χ4n) is 5.10. The third kappa shape index (κ3) is 6.47. The van der Waals surface area contributed by atoms with Crippen molar-refractivity contribution in [1.82, 2.24) is 4.90 Å². The molecule has 4 aromatic rings. The van der Waals surface area contributed by atoms with Crippen molar-refractivity contribution < 1.29 is 37.8 Å². The van der Waals surface area contributed by atoms with Crippen molar-refractivity contribution in [3.8, 4) is 17.2 Å². The lowest BCUT2D eigenvalue weighted by atomic mass is 10.0. The van der Waals surface area contributed by atoms with Crippen molar-refractivity contribution in [2.45, 2.75) is 12.6 Å². The molecule has 0 bridgehead atoms. The summed E-state index contributed by atoms with van der Waals surface area (Å²) in [6.45, 7) is -0.644. The summed E-state index contributed by atoms with van der Waals surface area (Å²) < 4.78 is 29.8. The molecule has 1 unspecified atom stereocenters. The van der Waals surface area contributed by atoms with Gasteiger partial charge in [-0.15, -0.1) is 0 Å². The Morgan fingerprint density at radius 2 is 1.51 bits per heavy atom. The van der Waals surface area contributed by atoms with E-state index in [1.54, 1.807) is 60.7 Å². The summed E-state index contributed by atoms with van der Waals surface area (Å²) in [4.78, 5) is 56.5. The van der Waals surface area contributed by atoms with Crippen LogP contribution < -0.4 is 24.4 Å². The van der Waals surface area contributed by atoms with Crippen LogP contribution in [0.25, 0.3) is 0 Å². The number of anilines is 2. The molecule has 4 aromatic carbocycles.